The van der Waals surface area contributed by atoms with E-state index in [-0.39, 0.29) is 6.04 Å². The molecular weight excluding hydrogens is 430 g/mol. The van der Waals surface area contributed by atoms with E-state index in [4.69, 9.17) is 5.10 Å². The van der Waals surface area contributed by atoms with Crippen molar-refractivity contribution >= 4 is 28.8 Å². The summed E-state index contributed by atoms with van der Waals surface area (Å²) >= 11 is 0. The molecule has 180 valence electrons. The second kappa shape index (κ2) is 9.59. The van der Waals surface area contributed by atoms with Crippen molar-refractivity contribution in [3.05, 3.63) is 95.6 Å². The smallest absolute Gasteiger partial charge is 0.0872 e. The Labute approximate surface area is 209 Å². The summed E-state index contributed by atoms with van der Waals surface area (Å²) in [5, 5.41) is 7.53. The molecule has 1 saturated heterocycles. The molecule has 5 heteroatoms. The third-order valence-corrected chi connectivity index (χ3v) is 7.01. The molecule has 5 nitrogen and oxygen atoms in total. The highest BCUT2D eigenvalue weighted by molar-refractivity contribution is 6.09. The maximum absolute atomic E-state index is 5.29. The van der Waals surface area contributed by atoms with Crippen molar-refractivity contribution in [1.82, 2.24) is 4.90 Å². The van der Waals surface area contributed by atoms with Crippen molar-refractivity contribution in [3.63, 3.8) is 0 Å². The second-order valence-corrected chi connectivity index (χ2v) is 10.1. The summed E-state index contributed by atoms with van der Waals surface area (Å²) in [5.74, 6) is 0.298. The summed E-state index contributed by atoms with van der Waals surface area (Å²) < 4.78 is 0. The molecule has 0 spiro atoms. The quantitative estimate of drug-likeness (QED) is 0.505. The minimum atomic E-state index is 0.158. The molecule has 3 aromatic carbocycles. The molecule has 2 aliphatic heterocycles. The molecule has 0 radical (unpaired) electrons. The summed E-state index contributed by atoms with van der Waals surface area (Å²) in [4.78, 5) is 6.71. The van der Waals surface area contributed by atoms with Crippen LogP contribution in [0.3, 0.4) is 0 Å². The first kappa shape index (κ1) is 23.2. The highest BCUT2D eigenvalue weighted by atomic mass is 15.5. The molecule has 35 heavy (non-hydrogen) atoms. The minimum Gasteiger partial charge on any atom is -0.378 e. The highest BCUT2D eigenvalue weighted by Crippen LogP contribution is 2.43. The first-order valence-electron chi connectivity index (χ1n) is 12.3. The predicted octanol–water partition coefficient (Wildman–Crippen LogP) is 5.38. The SMILES string of the molecule is CN1C/C(=C/c2ccc(N(C)C)cc2)C2=NN(c3ccccc3)[C@H](c3ccc(N(C)C)cc3)[C@H]2C1. The number of nitrogens with zero attached hydrogens (tertiary/aromatic N) is 5. The Kier molecular flexibility index (Phi) is 6.35. The Morgan fingerprint density at radius 3 is 2.00 bits per heavy atom. The van der Waals surface area contributed by atoms with Crippen LogP contribution in [0.4, 0.5) is 17.1 Å². The zero-order valence-electron chi connectivity index (χ0n) is 21.4. The fraction of sp³-hybridized carbons (Fsp3) is 0.300. The average Bonchev–Trinajstić information content (AvgIpc) is 3.24. The number of anilines is 3. The van der Waals surface area contributed by atoms with Gasteiger partial charge in [0.2, 0.25) is 0 Å². The van der Waals surface area contributed by atoms with E-state index in [1.807, 2.05) is 0 Å². The second-order valence-electron chi connectivity index (χ2n) is 10.1. The molecule has 0 unspecified atom stereocenters. The lowest BCUT2D eigenvalue weighted by Gasteiger charge is -2.35. The Hall–Kier alpha value is -3.57. The van der Waals surface area contributed by atoms with Gasteiger partial charge in [0.25, 0.3) is 0 Å². The van der Waals surface area contributed by atoms with Crippen molar-refractivity contribution in [3.8, 4) is 0 Å². The van der Waals surface area contributed by atoms with E-state index >= 15 is 0 Å². The van der Waals surface area contributed by atoms with Gasteiger partial charge in [0, 0.05) is 58.6 Å². The van der Waals surface area contributed by atoms with Crippen molar-refractivity contribution in [2.24, 2.45) is 11.0 Å². The number of hydrazone groups is 1. The number of fused-ring (bicyclic) bond motifs is 1. The molecule has 3 aromatic rings. The van der Waals surface area contributed by atoms with Gasteiger partial charge in [0.05, 0.1) is 17.4 Å². The maximum atomic E-state index is 5.29. The Morgan fingerprint density at radius 2 is 1.40 bits per heavy atom. The number of para-hydroxylation sites is 1. The molecule has 2 heterocycles. The molecule has 0 amide bonds. The summed E-state index contributed by atoms with van der Waals surface area (Å²) in [6.45, 7) is 1.89. The zero-order valence-corrected chi connectivity index (χ0v) is 21.4. The van der Waals surface area contributed by atoms with E-state index in [1.54, 1.807) is 0 Å². The molecular formula is C30H35N5. The number of likely N-dealkylation sites (tertiary alicyclic amines) is 1. The Morgan fingerprint density at radius 1 is 0.800 bits per heavy atom. The fourth-order valence-corrected chi connectivity index (χ4v) is 5.16. The number of likely N-dealkylation sites (N-methyl/N-ethyl adjacent to an activating group) is 1. The van der Waals surface area contributed by atoms with Crippen LogP contribution in [0.1, 0.15) is 17.2 Å². The first-order chi connectivity index (χ1) is 16.9. The molecule has 2 aliphatic rings. The molecule has 5 rings (SSSR count). The molecule has 0 aromatic heterocycles. The Balaban J connectivity index is 1.56. The van der Waals surface area contributed by atoms with Gasteiger partial charge >= 0.3 is 0 Å². The van der Waals surface area contributed by atoms with Gasteiger partial charge < -0.3 is 14.7 Å². The number of benzene rings is 3. The van der Waals surface area contributed by atoms with Gasteiger partial charge in [-0.25, -0.2) is 0 Å². The van der Waals surface area contributed by atoms with Crippen LogP contribution in [0.2, 0.25) is 0 Å². The lowest BCUT2D eigenvalue weighted by Crippen LogP contribution is -2.41. The molecule has 0 N–H and O–H groups in total. The van der Waals surface area contributed by atoms with Crippen LogP contribution in [0.25, 0.3) is 6.08 Å². The van der Waals surface area contributed by atoms with Crippen LogP contribution in [0.5, 0.6) is 0 Å². The largest absolute Gasteiger partial charge is 0.378 e. The normalized spacial score (nSPS) is 21.1. The van der Waals surface area contributed by atoms with Crippen molar-refractivity contribution in [2.75, 3.05) is 63.1 Å². The van der Waals surface area contributed by atoms with Gasteiger partial charge in [0.15, 0.2) is 0 Å². The third-order valence-electron chi connectivity index (χ3n) is 7.01. The van der Waals surface area contributed by atoms with Gasteiger partial charge in [-0.3, -0.25) is 5.01 Å². The summed E-state index contributed by atoms with van der Waals surface area (Å²) in [7, 11) is 10.5. The number of hydrogen-bond donors (Lipinski definition) is 0. The number of piperidine rings is 1. The summed E-state index contributed by atoms with van der Waals surface area (Å²) in [5.41, 5.74) is 8.58. The topological polar surface area (TPSA) is 25.3 Å². The Bertz CT molecular complexity index is 1210. The molecule has 2 atom stereocenters. The van der Waals surface area contributed by atoms with Crippen LogP contribution in [-0.4, -0.2) is 58.9 Å². The molecule has 1 fully saturated rings. The highest BCUT2D eigenvalue weighted by Gasteiger charge is 2.43. The third kappa shape index (κ3) is 4.69. The van der Waals surface area contributed by atoms with Crippen molar-refractivity contribution in [1.29, 1.82) is 0 Å². The van der Waals surface area contributed by atoms with Gasteiger partial charge in [-0.05, 0) is 66.2 Å². The number of hydrogen-bond acceptors (Lipinski definition) is 5. The standard InChI is InChI=1S/C30H35N5/c1-32(2)25-15-11-22(12-16-25)19-24-20-34(5)21-28-29(24)31-35(27-9-7-6-8-10-27)30(28)23-13-17-26(18-14-23)33(3)4/h6-19,28,30H,20-21H2,1-5H3/b24-19-/t28-,30+/m0/s1. The average molecular weight is 466 g/mol. The monoisotopic (exact) mass is 465 g/mol. The van der Waals surface area contributed by atoms with Gasteiger partial charge in [-0.2, -0.15) is 5.10 Å². The summed E-state index contributed by atoms with van der Waals surface area (Å²) in [6.07, 6.45) is 2.32. The van der Waals surface area contributed by atoms with Crippen LogP contribution < -0.4 is 14.8 Å². The fourth-order valence-electron chi connectivity index (χ4n) is 5.16. The van der Waals surface area contributed by atoms with Crippen LogP contribution in [-0.2, 0) is 0 Å². The van der Waals surface area contributed by atoms with Crippen molar-refractivity contribution in [2.45, 2.75) is 6.04 Å². The van der Waals surface area contributed by atoms with E-state index in [2.05, 4.69) is 140 Å². The molecule has 0 saturated carbocycles. The lowest BCUT2D eigenvalue weighted by atomic mass is 9.83. The van der Waals surface area contributed by atoms with E-state index < -0.39 is 0 Å². The van der Waals surface area contributed by atoms with E-state index in [9.17, 15) is 0 Å². The minimum absolute atomic E-state index is 0.158. The summed E-state index contributed by atoms with van der Waals surface area (Å²) in [6, 6.07) is 28.5. The van der Waals surface area contributed by atoms with E-state index in [0.29, 0.717) is 5.92 Å². The predicted molar refractivity (Wildman–Crippen MR) is 150 cm³/mol. The lowest BCUT2D eigenvalue weighted by molar-refractivity contribution is 0.303. The van der Waals surface area contributed by atoms with Crippen LogP contribution >= 0.6 is 0 Å². The molecule has 0 bridgehead atoms. The zero-order chi connectivity index (χ0) is 24.5. The van der Waals surface area contributed by atoms with E-state index in [0.717, 1.165) is 18.8 Å². The van der Waals surface area contributed by atoms with Gasteiger partial charge in [-0.1, -0.05) is 42.5 Å². The van der Waals surface area contributed by atoms with Gasteiger partial charge in [0.1, 0.15) is 0 Å². The number of rotatable bonds is 5. The van der Waals surface area contributed by atoms with Crippen LogP contribution in [0.15, 0.2) is 89.5 Å². The first-order valence-corrected chi connectivity index (χ1v) is 12.3. The maximum Gasteiger partial charge on any atom is 0.0872 e. The molecule has 0 aliphatic carbocycles. The van der Waals surface area contributed by atoms with E-state index in [1.165, 1.54) is 33.8 Å². The van der Waals surface area contributed by atoms with Crippen molar-refractivity contribution < 1.29 is 0 Å². The van der Waals surface area contributed by atoms with Crippen LogP contribution in [0, 0.1) is 5.92 Å². The van der Waals surface area contributed by atoms with Gasteiger partial charge in [-0.15, -0.1) is 0 Å².